The second-order valence-corrected chi connectivity index (χ2v) is 10.6. The third kappa shape index (κ3) is 5.20. The first kappa shape index (κ1) is 23.7. The van der Waals surface area contributed by atoms with E-state index in [4.69, 9.17) is 4.74 Å². The smallest absolute Gasteiger partial charge is 0.414 e. The number of hydrogen-bond donors (Lipinski definition) is 1. The monoisotopic (exact) mass is 482 g/mol. The second kappa shape index (κ2) is 9.42. The minimum Gasteiger partial charge on any atom is -0.442 e. The van der Waals surface area contributed by atoms with Crippen LogP contribution < -0.4 is 10.2 Å². The molecule has 1 saturated heterocycles. The topological polar surface area (TPSA) is 110 Å². The number of sulfone groups is 1. The number of Topliss-reactive ketones (excluding diaryl/α,β-unsaturated/α-hetero) is 1. The number of rotatable bonds is 5. The zero-order valence-electron chi connectivity index (χ0n) is 19.0. The molecule has 0 aromatic heterocycles. The molecular formula is C25H26N2O6S. The molecule has 4 rings (SSSR count). The van der Waals surface area contributed by atoms with Gasteiger partial charge < -0.3 is 10.1 Å². The minimum absolute atomic E-state index is 0.0706. The van der Waals surface area contributed by atoms with Crippen LogP contribution in [-0.4, -0.2) is 51.7 Å². The fraction of sp³-hybridized carbons (Fsp3) is 0.320. The number of amides is 2. The van der Waals surface area contributed by atoms with E-state index in [1.54, 1.807) is 24.3 Å². The normalized spacial score (nSPS) is 19.5. The van der Waals surface area contributed by atoms with Gasteiger partial charge in [-0.25, -0.2) is 13.2 Å². The second-order valence-electron chi connectivity index (χ2n) is 8.59. The maximum atomic E-state index is 13.3. The summed E-state index contributed by atoms with van der Waals surface area (Å²) in [6, 6.07) is 11.8. The number of ketones is 1. The first-order chi connectivity index (χ1) is 16.1. The van der Waals surface area contributed by atoms with Gasteiger partial charge in [-0.1, -0.05) is 12.1 Å². The molecule has 2 aliphatic rings. The molecule has 2 aromatic rings. The number of nitrogens with one attached hydrogen (secondary N) is 1. The van der Waals surface area contributed by atoms with Gasteiger partial charge in [0, 0.05) is 30.0 Å². The van der Waals surface area contributed by atoms with Crippen LogP contribution in [0.5, 0.6) is 0 Å². The summed E-state index contributed by atoms with van der Waals surface area (Å²) in [4.78, 5) is 38.5. The van der Waals surface area contributed by atoms with Crippen molar-refractivity contribution in [1.29, 1.82) is 0 Å². The molecule has 0 radical (unpaired) electrons. The number of nitrogens with zero attached hydrogens (tertiary/aromatic N) is 1. The Kier molecular flexibility index (Phi) is 6.56. The van der Waals surface area contributed by atoms with Crippen molar-refractivity contribution >= 4 is 39.4 Å². The highest BCUT2D eigenvalue weighted by Crippen LogP contribution is 2.30. The van der Waals surface area contributed by atoms with Crippen LogP contribution in [-0.2, 0) is 25.8 Å². The summed E-state index contributed by atoms with van der Waals surface area (Å²) >= 11 is 0. The lowest BCUT2D eigenvalue weighted by Crippen LogP contribution is -2.33. The standard InChI is InChI=1S/C25H26N2O6S/c1-16(28)26-14-21-15-27(25(30)33-21)20-8-11-23-18(13-20)4-3-5-19(24(23)29)12-17-6-9-22(10-7-17)34(2,31)32/h6-13,21H,3-5,14-15H2,1-2H3,(H,26,28)/b19-12+/t21-/m0/s1. The average molecular weight is 483 g/mol. The van der Waals surface area contributed by atoms with E-state index < -0.39 is 22.0 Å². The molecule has 1 aliphatic carbocycles. The quantitative estimate of drug-likeness (QED) is 0.518. The summed E-state index contributed by atoms with van der Waals surface area (Å²) in [7, 11) is -3.28. The van der Waals surface area contributed by atoms with Crippen LogP contribution in [0, 0.1) is 0 Å². The highest BCUT2D eigenvalue weighted by atomic mass is 32.2. The van der Waals surface area contributed by atoms with Gasteiger partial charge in [0.1, 0.15) is 6.10 Å². The zero-order valence-corrected chi connectivity index (χ0v) is 19.9. The van der Waals surface area contributed by atoms with Gasteiger partial charge in [-0.3, -0.25) is 14.5 Å². The predicted octanol–water partition coefficient (Wildman–Crippen LogP) is 3.15. The minimum atomic E-state index is -3.28. The van der Waals surface area contributed by atoms with E-state index in [0.29, 0.717) is 36.2 Å². The summed E-state index contributed by atoms with van der Waals surface area (Å²) in [6.07, 6.45) is 4.12. The first-order valence-corrected chi connectivity index (χ1v) is 12.9. The van der Waals surface area contributed by atoms with Crippen molar-refractivity contribution in [2.75, 3.05) is 24.2 Å². The number of ether oxygens (including phenoxy) is 1. The van der Waals surface area contributed by atoms with Gasteiger partial charge in [-0.15, -0.1) is 0 Å². The molecule has 0 unspecified atom stereocenters. The van der Waals surface area contributed by atoms with Crippen LogP contribution in [0.3, 0.4) is 0 Å². The van der Waals surface area contributed by atoms with Crippen LogP contribution in [0.25, 0.3) is 6.08 Å². The van der Waals surface area contributed by atoms with Crippen molar-refractivity contribution in [3.05, 3.63) is 64.7 Å². The number of anilines is 1. The fourth-order valence-corrected chi connectivity index (χ4v) is 4.81. The zero-order chi connectivity index (χ0) is 24.5. The Morgan fingerprint density at radius 3 is 2.56 bits per heavy atom. The maximum Gasteiger partial charge on any atom is 0.414 e. The summed E-state index contributed by atoms with van der Waals surface area (Å²) in [5.74, 6) is -0.257. The Hall–Kier alpha value is -3.46. The van der Waals surface area contributed by atoms with E-state index in [0.717, 1.165) is 23.8 Å². The van der Waals surface area contributed by atoms with E-state index in [-0.39, 0.29) is 23.1 Å². The van der Waals surface area contributed by atoms with E-state index in [1.165, 1.54) is 24.0 Å². The summed E-state index contributed by atoms with van der Waals surface area (Å²) in [5, 5.41) is 2.66. The lowest BCUT2D eigenvalue weighted by atomic mass is 9.97. The summed E-state index contributed by atoms with van der Waals surface area (Å²) in [6.45, 7) is 1.98. The van der Waals surface area contributed by atoms with Crippen LogP contribution in [0.1, 0.15) is 41.3 Å². The van der Waals surface area contributed by atoms with Gasteiger partial charge in [-0.05, 0) is 66.8 Å². The van der Waals surface area contributed by atoms with Gasteiger partial charge >= 0.3 is 6.09 Å². The van der Waals surface area contributed by atoms with E-state index in [1.807, 2.05) is 12.1 Å². The highest BCUT2D eigenvalue weighted by Gasteiger charge is 2.33. The molecule has 2 aromatic carbocycles. The highest BCUT2D eigenvalue weighted by molar-refractivity contribution is 7.90. The maximum absolute atomic E-state index is 13.3. The van der Waals surface area contributed by atoms with Crippen molar-refractivity contribution in [3.63, 3.8) is 0 Å². The van der Waals surface area contributed by atoms with Gasteiger partial charge in [0.2, 0.25) is 5.91 Å². The van der Waals surface area contributed by atoms with Gasteiger partial charge in [0.15, 0.2) is 15.6 Å². The molecule has 1 N–H and O–H groups in total. The molecule has 2 amide bonds. The van der Waals surface area contributed by atoms with Crippen molar-refractivity contribution in [3.8, 4) is 0 Å². The number of carbonyl (C=O) groups is 3. The molecule has 8 nitrogen and oxygen atoms in total. The predicted molar refractivity (Wildman–Crippen MR) is 128 cm³/mol. The molecule has 34 heavy (non-hydrogen) atoms. The first-order valence-electron chi connectivity index (χ1n) is 11.0. The summed E-state index contributed by atoms with van der Waals surface area (Å²) < 4.78 is 28.7. The Morgan fingerprint density at radius 2 is 1.88 bits per heavy atom. The molecule has 0 spiro atoms. The number of benzene rings is 2. The molecule has 0 saturated carbocycles. The third-order valence-electron chi connectivity index (χ3n) is 5.93. The number of cyclic esters (lactones) is 1. The molecule has 9 heteroatoms. The fourth-order valence-electron chi connectivity index (χ4n) is 4.18. The number of aryl methyl sites for hydroxylation is 1. The average Bonchev–Trinajstić information content (AvgIpc) is 3.09. The Labute approximate surface area is 198 Å². The molecule has 0 bridgehead atoms. The number of hydrogen-bond acceptors (Lipinski definition) is 6. The molecule has 1 atom stereocenters. The van der Waals surface area contributed by atoms with E-state index >= 15 is 0 Å². The van der Waals surface area contributed by atoms with Crippen molar-refractivity contribution < 1.29 is 27.5 Å². The van der Waals surface area contributed by atoms with Crippen molar-refractivity contribution in [2.45, 2.75) is 37.2 Å². The van der Waals surface area contributed by atoms with E-state index in [2.05, 4.69) is 5.32 Å². The van der Waals surface area contributed by atoms with Crippen LogP contribution in [0.2, 0.25) is 0 Å². The van der Waals surface area contributed by atoms with Crippen molar-refractivity contribution in [2.24, 2.45) is 0 Å². The number of carbonyl (C=O) groups excluding carboxylic acids is 3. The molecule has 1 fully saturated rings. The summed E-state index contributed by atoms with van der Waals surface area (Å²) in [5.41, 5.74) is 3.56. The van der Waals surface area contributed by atoms with Crippen molar-refractivity contribution in [1.82, 2.24) is 5.32 Å². The van der Waals surface area contributed by atoms with Gasteiger partial charge in [0.25, 0.3) is 0 Å². The Morgan fingerprint density at radius 1 is 1.15 bits per heavy atom. The largest absolute Gasteiger partial charge is 0.442 e. The third-order valence-corrected chi connectivity index (χ3v) is 7.06. The molecule has 1 heterocycles. The lowest BCUT2D eigenvalue weighted by molar-refractivity contribution is -0.119. The number of allylic oxidation sites excluding steroid dienone is 1. The Bertz CT molecular complexity index is 1280. The number of fused-ring (bicyclic) bond motifs is 1. The SMILES string of the molecule is CC(=O)NC[C@H]1CN(c2ccc3c(c2)CCC/C(=C\c2ccc(S(C)(=O)=O)cc2)C3=O)C(=O)O1. The molecule has 1 aliphatic heterocycles. The van der Waals surface area contributed by atoms with Gasteiger partial charge in [-0.2, -0.15) is 0 Å². The van der Waals surface area contributed by atoms with E-state index in [9.17, 15) is 22.8 Å². The van der Waals surface area contributed by atoms with Gasteiger partial charge in [0.05, 0.1) is 18.0 Å². The molecular weight excluding hydrogens is 456 g/mol. The van der Waals surface area contributed by atoms with Crippen LogP contribution >= 0.6 is 0 Å². The Balaban J connectivity index is 1.54. The molecule has 178 valence electrons. The van der Waals surface area contributed by atoms with Crippen LogP contribution in [0.15, 0.2) is 52.9 Å². The van der Waals surface area contributed by atoms with Crippen LogP contribution in [0.4, 0.5) is 10.5 Å². The lowest BCUT2D eigenvalue weighted by Gasteiger charge is -2.16.